The molecule has 0 fully saturated rings. The van der Waals surface area contributed by atoms with Gasteiger partial charge in [-0.15, -0.1) is 0 Å². The summed E-state index contributed by atoms with van der Waals surface area (Å²) in [6, 6.07) is 14.2. The number of amides is 3. The van der Waals surface area contributed by atoms with Crippen molar-refractivity contribution in [2.45, 2.75) is 33.4 Å². The molecule has 0 aromatic heterocycles. The first kappa shape index (κ1) is 21.9. The number of carbonyl (C=O) groups is 3. The first-order chi connectivity index (χ1) is 13.8. The van der Waals surface area contributed by atoms with Gasteiger partial charge in [0.25, 0.3) is 0 Å². The molecule has 7 heteroatoms. The summed E-state index contributed by atoms with van der Waals surface area (Å²) in [6.45, 7) is 5.35. The number of nitrogens with zero attached hydrogens (tertiary/aromatic N) is 1. The third-order valence-electron chi connectivity index (χ3n) is 4.42. The first-order valence-electron chi connectivity index (χ1n) is 9.36. The van der Waals surface area contributed by atoms with Crippen LogP contribution in [0.3, 0.4) is 0 Å². The largest absolute Gasteiger partial charge is 0.445 e. The summed E-state index contributed by atoms with van der Waals surface area (Å²) >= 11 is 0. The van der Waals surface area contributed by atoms with Crippen molar-refractivity contribution in [2.24, 2.45) is 0 Å². The van der Waals surface area contributed by atoms with Crippen molar-refractivity contribution >= 4 is 23.6 Å². The van der Waals surface area contributed by atoms with Gasteiger partial charge in [0.15, 0.2) is 0 Å². The van der Waals surface area contributed by atoms with Crippen molar-refractivity contribution in [3.63, 3.8) is 0 Å². The lowest BCUT2D eigenvalue weighted by Gasteiger charge is -2.22. The molecule has 0 aliphatic carbocycles. The fourth-order valence-electron chi connectivity index (χ4n) is 2.82. The Morgan fingerprint density at radius 1 is 1.00 bits per heavy atom. The van der Waals surface area contributed by atoms with Gasteiger partial charge in [-0.1, -0.05) is 48.5 Å². The van der Waals surface area contributed by atoms with Crippen LogP contribution >= 0.6 is 0 Å². The predicted octanol–water partition coefficient (Wildman–Crippen LogP) is 3.02. The lowest BCUT2D eigenvalue weighted by molar-refractivity contribution is -0.134. The van der Waals surface area contributed by atoms with E-state index in [1.165, 1.54) is 11.9 Å². The first-order valence-corrected chi connectivity index (χ1v) is 9.36. The molecule has 7 nitrogen and oxygen atoms in total. The highest BCUT2D eigenvalue weighted by atomic mass is 16.5. The second kappa shape index (κ2) is 10.3. The van der Waals surface area contributed by atoms with E-state index in [1.807, 2.05) is 62.4 Å². The normalized spacial score (nSPS) is 11.3. The van der Waals surface area contributed by atoms with Gasteiger partial charge in [-0.25, -0.2) is 4.79 Å². The van der Waals surface area contributed by atoms with Crippen molar-refractivity contribution in [3.05, 3.63) is 65.2 Å². The number of ether oxygens (including phenoxy) is 1. The number of nitrogens with one attached hydrogen (secondary N) is 2. The number of carbonyl (C=O) groups excluding carboxylic acids is 3. The Kier molecular flexibility index (Phi) is 7.77. The van der Waals surface area contributed by atoms with Crippen LogP contribution in [0.25, 0.3) is 0 Å². The van der Waals surface area contributed by atoms with Gasteiger partial charge >= 0.3 is 6.09 Å². The number of aryl methyl sites for hydroxylation is 2. The Morgan fingerprint density at radius 3 is 2.24 bits per heavy atom. The molecule has 0 bridgehead atoms. The lowest BCUT2D eigenvalue weighted by Crippen LogP contribution is -2.47. The van der Waals surface area contributed by atoms with Crippen LogP contribution in [0.1, 0.15) is 23.6 Å². The van der Waals surface area contributed by atoms with Crippen LogP contribution in [-0.2, 0) is 20.9 Å². The maximum Gasteiger partial charge on any atom is 0.408 e. The molecule has 0 aliphatic rings. The number of hydrogen-bond acceptors (Lipinski definition) is 4. The summed E-state index contributed by atoms with van der Waals surface area (Å²) in [5, 5.41) is 5.33. The third kappa shape index (κ3) is 6.64. The molecule has 0 heterocycles. The average molecular weight is 397 g/mol. The van der Waals surface area contributed by atoms with Crippen LogP contribution in [0.15, 0.2) is 48.5 Å². The minimum Gasteiger partial charge on any atom is -0.445 e. The van der Waals surface area contributed by atoms with Crippen LogP contribution in [0.2, 0.25) is 0 Å². The molecule has 29 heavy (non-hydrogen) atoms. The van der Waals surface area contributed by atoms with Crippen LogP contribution < -0.4 is 10.6 Å². The molecule has 0 aliphatic heterocycles. The molecule has 0 saturated carbocycles. The number of alkyl carbamates (subject to hydrolysis) is 1. The predicted molar refractivity (Wildman–Crippen MR) is 111 cm³/mol. The van der Waals surface area contributed by atoms with E-state index in [-0.39, 0.29) is 19.1 Å². The zero-order chi connectivity index (χ0) is 21.4. The van der Waals surface area contributed by atoms with Gasteiger partial charge in [-0.2, -0.15) is 0 Å². The van der Waals surface area contributed by atoms with Crippen LogP contribution in [-0.4, -0.2) is 42.4 Å². The fourth-order valence-corrected chi connectivity index (χ4v) is 2.82. The number of rotatable bonds is 7. The molecule has 0 saturated heterocycles. The van der Waals surface area contributed by atoms with Crippen LogP contribution in [0.4, 0.5) is 10.5 Å². The number of likely N-dealkylation sites (N-methyl/N-ethyl adjacent to an activating group) is 1. The Morgan fingerprint density at radius 2 is 1.62 bits per heavy atom. The number of hydrogen-bond donors (Lipinski definition) is 2. The van der Waals surface area contributed by atoms with Crippen molar-refractivity contribution < 1.29 is 19.1 Å². The molecule has 2 N–H and O–H groups in total. The highest BCUT2D eigenvalue weighted by molar-refractivity contribution is 5.96. The summed E-state index contributed by atoms with van der Waals surface area (Å²) in [4.78, 5) is 37.9. The van der Waals surface area contributed by atoms with Crippen molar-refractivity contribution in [1.29, 1.82) is 0 Å². The van der Waals surface area contributed by atoms with Crippen molar-refractivity contribution in [2.75, 3.05) is 18.9 Å². The van der Waals surface area contributed by atoms with Gasteiger partial charge in [0.2, 0.25) is 11.8 Å². The number of benzene rings is 2. The Labute approximate surface area is 171 Å². The molecule has 0 unspecified atom stereocenters. The van der Waals surface area contributed by atoms with E-state index in [2.05, 4.69) is 10.6 Å². The van der Waals surface area contributed by atoms with Gasteiger partial charge in [-0.3, -0.25) is 9.59 Å². The van der Waals surface area contributed by atoms with E-state index >= 15 is 0 Å². The maximum atomic E-state index is 12.5. The molecule has 3 amide bonds. The average Bonchev–Trinajstić information content (AvgIpc) is 2.69. The molecule has 154 valence electrons. The van der Waals surface area contributed by atoms with E-state index in [0.717, 1.165) is 22.4 Å². The Hall–Kier alpha value is -3.35. The SMILES string of the molecule is Cc1cccc(C)c1NC(=O)CN(C)C(=O)[C@H](C)NC(=O)OCc1ccccc1. The van der Waals surface area contributed by atoms with Gasteiger partial charge < -0.3 is 20.3 Å². The smallest absolute Gasteiger partial charge is 0.408 e. The highest BCUT2D eigenvalue weighted by Gasteiger charge is 2.22. The zero-order valence-corrected chi connectivity index (χ0v) is 17.2. The molecule has 0 radical (unpaired) electrons. The molecular formula is C22H27N3O4. The topological polar surface area (TPSA) is 87.7 Å². The highest BCUT2D eigenvalue weighted by Crippen LogP contribution is 2.19. The van der Waals surface area contributed by atoms with Crippen molar-refractivity contribution in [1.82, 2.24) is 10.2 Å². The third-order valence-corrected chi connectivity index (χ3v) is 4.42. The summed E-state index contributed by atoms with van der Waals surface area (Å²) in [6.07, 6.45) is -0.692. The second-order valence-electron chi connectivity index (χ2n) is 6.94. The van der Waals surface area contributed by atoms with Crippen molar-refractivity contribution in [3.8, 4) is 0 Å². The standard InChI is InChI=1S/C22H27N3O4/c1-15-9-8-10-16(2)20(15)24-19(26)13-25(4)21(27)17(3)23-22(28)29-14-18-11-6-5-7-12-18/h5-12,17H,13-14H2,1-4H3,(H,23,28)(H,24,26)/t17-/m0/s1. The fraction of sp³-hybridized carbons (Fsp3) is 0.318. The van der Waals surface area contributed by atoms with E-state index in [4.69, 9.17) is 4.74 Å². The molecular weight excluding hydrogens is 370 g/mol. The van der Waals surface area contributed by atoms with E-state index < -0.39 is 18.0 Å². The summed E-state index contributed by atoms with van der Waals surface area (Å²) in [7, 11) is 1.51. The number of anilines is 1. The molecule has 2 rings (SSSR count). The number of para-hydroxylation sites is 1. The molecule has 2 aromatic rings. The van der Waals surface area contributed by atoms with Gasteiger partial charge in [0.1, 0.15) is 12.6 Å². The molecule has 1 atom stereocenters. The Balaban J connectivity index is 1.82. The van der Waals surface area contributed by atoms with Gasteiger partial charge in [0, 0.05) is 12.7 Å². The quantitative estimate of drug-likeness (QED) is 0.752. The van der Waals surface area contributed by atoms with E-state index in [0.29, 0.717) is 0 Å². The van der Waals surface area contributed by atoms with E-state index in [1.54, 1.807) is 6.92 Å². The van der Waals surface area contributed by atoms with E-state index in [9.17, 15) is 14.4 Å². The zero-order valence-electron chi connectivity index (χ0n) is 17.2. The van der Waals surface area contributed by atoms with Crippen LogP contribution in [0, 0.1) is 13.8 Å². The van der Waals surface area contributed by atoms with Gasteiger partial charge in [0.05, 0.1) is 6.54 Å². The summed E-state index contributed by atoms with van der Waals surface area (Å²) < 4.78 is 5.12. The minimum absolute atomic E-state index is 0.113. The van der Waals surface area contributed by atoms with Crippen LogP contribution in [0.5, 0.6) is 0 Å². The monoisotopic (exact) mass is 397 g/mol. The summed E-state index contributed by atoms with van der Waals surface area (Å²) in [5.41, 5.74) is 3.49. The maximum absolute atomic E-state index is 12.5. The second-order valence-corrected chi connectivity index (χ2v) is 6.94. The Bertz CT molecular complexity index is 847. The summed E-state index contributed by atoms with van der Waals surface area (Å²) in [5.74, 6) is -0.699. The lowest BCUT2D eigenvalue weighted by atomic mass is 10.1. The molecule has 2 aromatic carbocycles. The van der Waals surface area contributed by atoms with Gasteiger partial charge in [-0.05, 0) is 37.5 Å². The molecule has 0 spiro atoms. The minimum atomic E-state index is -0.823.